The monoisotopic (exact) mass is 351 g/mol. The molecule has 0 radical (unpaired) electrons. The van der Waals surface area contributed by atoms with Crippen LogP contribution in [-0.2, 0) is 27.1 Å². The number of hydrogen-bond acceptors (Lipinski definition) is 5. The smallest absolute Gasteiger partial charge is 0.341 e. The highest BCUT2D eigenvalue weighted by Crippen LogP contribution is 2.40. The number of ether oxygens (including phenoxy) is 2. The van der Waals surface area contributed by atoms with Gasteiger partial charge in [-0.3, -0.25) is 4.79 Å². The maximum absolute atomic E-state index is 12.6. The highest BCUT2D eigenvalue weighted by Gasteiger charge is 2.31. The van der Waals surface area contributed by atoms with Crippen LogP contribution < -0.4 is 5.32 Å². The number of anilines is 1. The third-order valence-corrected chi connectivity index (χ3v) is 5.69. The number of carbonyl (C=O) groups excluding carboxylic acids is 2. The minimum atomic E-state index is -0.406. The molecule has 2 heterocycles. The summed E-state index contributed by atoms with van der Waals surface area (Å²) in [4.78, 5) is 26.2. The van der Waals surface area contributed by atoms with E-state index in [1.807, 2.05) is 13.8 Å². The molecule has 6 heteroatoms. The Bertz CT molecular complexity index is 631. The maximum atomic E-state index is 12.6. The normalized spacial score (nSPS) is 23.2. The van der Waals surface area contributed by atoms with Crippen molar-refractivity contribution in [2.45, 2.75) is 65.1 Å². The molecule has 1 saturated heterocycles. The quantitative estimate of drug-likeness (QED) is 0.843. The number of amides is 1. The zero-order valence-electron chi connectivity index (χ0n) is 14.5. The van der Waals surface area contributed by atoms with E-state index in [4.69, 9.17) is 9.47 Å². The van der Waals surface area contributed by atoms with Gasteiger partial charge in [-0.2, -0.15) is 0 Å². The predicted octanol–water partition coefficient (Wildman–Crippen LogP) is 3.56. The van der Waals surface area contributed by atoms with Crippen molar-refractivity contribution in [3.63, 3.8) is 0 Å². The van der Waals surface area contributed by atoms with Gasteiger partial charge >= 0.3 is 5.97 Å². The van der Waals surface area contributed by atoms with Crippen LogP contribution in [-0.4, -0.2) is 30.7 Å². The van der Waals surface area contributed by atoms with Crippen LogP contribution in [0.15, 0.2) is 0 Å². The molecule has 0 aromatic carbocycles. The van der Waals surface area contributed by atoms with Crippen LogP contribution in [0.5, 0.6) is 0 Å². The van der Waals surface area contributed by atoms with E-state index < -0.39 is 6.10 Å². The molecule has 2 aliphatic rings. The lowest BCUT2D eigenvalue weighted by molar-refractivity contribution is -0.124. The second-order valence-electron chi connectivity index (χ2n) is 7.00. The number of hydrogen-bond donors (Lipinski definition) is 1. The number of thiophene rings is 1. The Morgan fingerprint density at radius 1 is 1.33 bits per heavy atom. The molecule has 3 rings (SSSR count). The molecule has 1 amide bonds. The molecule has 132 valence electrons. The first-order valence-electron chi connectivity index (χ1n) is 8.73. The number of carbonyl (C=O) groups is 2. The van der Waals surface area contributed by atoms with Gasteiger partial charge in [-0.05, 0) is 57.4 Å². The summed E-state index contributed by atoms with van der Waals surface area (Å²) in [5.74, 6) is 0.115. The molecule has 1 fully saturated rings. The Morgan fingerprint density at radius 3 is 2.79 bits per heavy atom. The molecule has 5 nitrogen and oxygen atoms in total. The van der Waals surface area contributed by atoms with Gasteiger partial charge in [-0.1, -0.05) is 6.92 Å². The van der Waals surface area contributed by atoms with Crippen LogP contribution in [0.25, 0.3) is 0 Å². The van der Waals surface area contributed by atoms with E-state index in [1.54, 1.807) is 0 Å². The first-order valence-corrected chi connectivity index (χ1v) is 9.55. The second-order valence-corrected chi connectivity index (χ2v) is 8.11. The molecule has 0 spiro atoms. The Balaban J connectivity index is 1.88. The Hall–Kier alpha value is -1.40. The number of esters is 1. The topological polar surface area (TPSA) is 64.6 Å². The molecular formula is C18H25NO4S. The molecule has 0 bridgehead atoms. The summed E-state index contributed by atoms with van der Waals surface area (Å²) in [6.07, 6.45) is 3.93. The standard InChI is InChI=1S/C18H25NO4S/c1-10(2)23-18(21)15-12-7-6-11(3)9-14(12)24-17(15)19-16(20)13-5-4-8-22-13/h10-11,13H,4-9H2,1-3H3,(H,19,20). The molecule has 1 aromatic heterocycles. The van der Waals surface area contributed by atoms with Crippen molar-refractivity contribution < 1.29 is 19.1 Å². The summed E-state index contributed by atoms with van der Waals surface area (Å²) in [5, 5.41) is 3.56. The summed E-state index contributed by atoms with van der Waals surface area (Å²) in [6.45, 7) is 6.52. The Kier molecular flexibility index (Phi) is 5.25. The number of rotatable bonds is 4. The second kappa shape index (κ2) is 7.23. The number of nitrogens with one attached hydrogen (secondary N) is 1. The van der Waals surface area contributed by atoms with Crippen molar-refractivity contribution in [1.29, 1.82) is 0 Å². The van der Waals surface area contributed by atoms with E-state index in [0.29, 0.717) is 23.1 Å². The lowest BCUT2D eigenvalue weighted by Gasteiger charge is -2.19. The van der Waals surface area contributed by atoms with Gasteiger partial charge in [0.2, 0.25) is 0 Å². The molecule has 24 heavy (non-hydrogen) atoms. The van der Waals surface area contributed by atoms with E-state index in [2.05, 4.69) is 12.2 Å². The maximum Gasteiger partial charge on any atom is 0.341 e. The molecule has 1 aromatic rings. The molecule has 0 saturated carbocycles. The highest BCUT2D eigenvalue weighted by molar-refractivity contribution is 7.17. The average molecular weight is 351 g/mol. The minimum Gasteiger partial charge on any atom is -0.459 e. The third-order valence-electron chi connectivity index (χ3n) is 4.52. The fraction of sp³-hybridized carbons (Fsp3) is 0.667. The number of fused-ring (bicyclic) bond motifs is 1. The van der Waals surface area contributed by atoms with Gasteiger partial charge in [0.15, 0.2) is 0 Å². The first kappa shape index (κ1) is 17.4. The molecular weight excluding hydrogens is 326 g/mol. The summed E-state index contributed by atoms with van der Waals surface area (Å²) in [6, 6.07) is 0. The van der Waals surface area contributed by atoms with Crippen LogP contribution in [0.2, 0.25) is 0 Å². The van der Waals surface area contributed by atoms with Gasteiger partial charge in [0.05, 0.1) is 11.7 Å². The van der Waals surface area contributed by atoms with Crippen molar-refractivity contribution in [3.8, 4) is 0 Å². The van der Waals surface area contributed by atoms with E-state index >= 15 is 0 Å². The summed E-state index contributed by atoms with van der Waals surface area (Å²) in [7, 11) is 0. The van der Waals surface area contributed by atoms with Gasteiger partial charge in [0.1, 0.15) is 11.1 Å². The SMILES string of the molecule is CC1CCc2c(sc(NC(=O)C3CCCO3)c2C(=O)OC(C)C)C1. The van der Waals surface area contributed by atoms with E-state index in [9.17, 15) is 9.59 Å². The molecule has 1 aliphatic heterocycles. The minimum absolute atomic E-state index is 0.155. The summed E-state index contributed by atoms with van der Waals surface area (Å²) >= 11 is 1.52. The van der Waals surface area contributed by atoms with Gasteiger partial charge < -0.3 is 14.8 Å². The van der Waals surface area contributed by atoms with Crippen molar-refractivity contribution in [2.24, 2.45) is 5.92 Å². The zero-order valence-corrected chi connectivity index (χ0v) is 15.3. The predicted molar refractivity (Wildman–Crippen MR) is 93.7 cm³/mol. The third kappa shape index (κ3) is 3.64. The Labute approximate surface area is 146 Å². The molecule has 1 N–H and O–H groups in total. The van der Waals surface area contributed by atoms with Crippen LogP contribution in [0.4, 0.5) is 5.00 Å². The fourth-order valence-corrected chi connectivity index (χ4v) is 4.71. The van der Waals surface area contributed by atoms with E-state index in [0.717, 1.165) is 37.7 Å². The first-order chi connectivity index (χ1) is 11.5. The molecule has 1 aliphatic carbocycles. The van der Waals surface area contributed by atoms with E-state index in [1.165, 1.54) is 16.2 Å². The largest absolute Gasteiger partial charge is 0.459 e. The Morgan fingerprint density at radius 2 is 2.12 bits per heavy atom. The van der Waals surface area contributed by atoms with Crippen LogP contribution >= 0.6 is 11.3 Å². The summed E-state index contributed by atoms with van der Waals surface area (Å²) < 4.78 is 10.9. The molecule has 2 atom stereocenters. The van der Waals surface area contributed by atoms with Gasteiger partial charge in [0, 0.05) is 11.5 Å². The van der Waals surface area contributed by atoms with E-state index in [-0.39, 0.29) is 18.0 Å². The lowest BCUT2D eigenvalue weighted by atomic mass is 9.88. The van der Waals surface area contributed by atoms with Gasteiger partial charge in [0.25, 0.3) is 5.91 Å². The zero-order chi connectivity index (χ0) is 17.3. The fourth-order valence-electron chi connectivity index (χ4n) is 3.30. The highest BCUT2D eigenvalue weighted by atomic mass is 32.1. The van der Waals surface area contributed by atoms with Crippen molar-refractivity contribution in [3.05, 3.63) is 16.0 Å². The van der Waals surface area contributed by atoms with Crippen LogP contribution in [0.1, 0.15) is 60.8 Å². The van der Waals surface area contributed by atoms with Gasteiger partial charge in [-0.25, -0.2) is 4.79 Å². The van der Waals surface area contributed by atoms with Crippen molar-refractivity contribution in [2.75, 3.05) is 11.9 Å². The van der Waals surface area contributed by atoms with Gasteiger partial charge in [-0.15, -0.1) is 11.3 Å². The van der Waals surface area contributed by atoms with Crippen molar-refractivity contribution >= 4 is 28.2 Å². The van der Waals surface area contributed by atoms with Crippen LogP contribution in [0.3, 0.4) is 0 Å². The average Bonchev–Trinajstić information content (AvgIpc) is 3.12. The van der Waals surface area contributed by atoms with Crippen LogP contribution in [0, 0.1) is 5.92 Å². The lowest BCUT2D eigenvalue weighted by Crippen LogP contribution is -2.27. The molecule has 2 unspecified atom stereocenters. The van der Waals surface area contributed by atoms with Crippen molar-refractivity contribution in [1.82, 2.24) is 0 Å². The summed E-state index contributed by atoms with van der Waals surface area (Å²) in [5.41, 5.74) is 1.62.